The molecule has 0 atom stereocenters. The minimum atomic E-state index is 0. The van der Waals surface area contributed by atoms with Crippen LogP contribution in [0.25, 0.3) is 27.3 Å². The Bertz CT molecular complexity index is 868. The molecule has 1 radical (unpaired) electrons. The van der Waals surface area contributed by atoms with Crippen LogP contribution >= 0.6 is 0 Å². The molecule has 4 heteroatoms. The maximum atomic E-state index is 4.75. The maximum Gasteiger partial charge on any atom is 0.136 e. The standard InChI is InChI=1S/C17H14N3.Ir/c1-19(2)16-11-20-15-10-6-5-8-13(15)12-7-3-4-9-14(12)17(20)18-16;/h3-8,10-11H,1-2H3;/q-1;. The predicted octanol–water partition coefficient (Wildman–Crippen LogP) is 3.50. The first-order valence-corrected chi connectivity index (χ1v) is 6.63. The van der Waals surface area contributed by atoms with Crippen molar-refractivity contribution in [3.63, 3.8) is 0 Å². The average molecular weight is 453 g/mol. The molecule has 0 saturated carbocycles. The monoisotopic (exact) mass is 453 g/mol. The molecule has 0 amide bonds. The molecule has 3 nitrogen and oxygen atoms in total. The number of hydrogen-bond acceptors (Lipinski definition) is 2. The second kappa shape index (κ2) is 5.14. The van der Waals surface area contributed by atoms with Crippen molar-refractivity contribution in [2.45, 2.75) is 0 Å². The molecule has 4 aromatic rings. The fourth-order valence-electron chi connectivity index (χ4n) is 2.70. The van der Waals surface area contributed by atoms with Crippen LogP contribution in [0.5, 0.6) is 0 Å². The topological polar surface area (TPSA) is 20.5 Å². The quantitative estimate of drug-likeness (QED) is 0.326. The molecule has 0 aliphatic heterocycles. The van der Waals surface area contributed by atoms with Crippen molar-refractivity contribution < 1.29 is 20.1 Å². The number of aromatic nitrogens is 2. The van der Waals surface area contributed by atoms with E-state index in [4.69, 9.17) is 4.98 Å². The number of pyridine rings is 1. The predicted molar refractivity (Wildman–Crippen MR) is 83.4 cm³/mol. The van der Waals surface area contributed by atoms with Crippen molar-refractivity contribution >= 4 is 33.1 Å². The third-order valence-electron chi connectivity index (χ3n) is 3.68. The first kappa shape index (κ1) is 14.1. The fourth-order valence-corrected chi connectivity index (χ4v) is 2.70. The molecule has 0 spiro atoms. The van der Waals surface area contributed by atoms with Crippen molar-refractivity contribution in [1.29, 1.82) is 0 Å². The Kier molecular flexibility index (Phi) is 3.44. The Balaban J connectivity index is 0.00000132. The molecule has 107 valence electrons. The van der Waals surface area contributed by atoms with E-state index in [9.17, 15) is 0 Å². The van der Waals surface area contributed by atoms with Gasteiger partial charge in [0, 0.05) is 45.9 Å². The maximum absolute atomic E-state index is 4.75. The van der Waals surface area contributed by atoms with Gasteiger partial charge in [0.05, 0.1) is 5.65 Å². The smallest absolute Gasteiger partial charge is 0.136 e. The Hall–Kier alpha value is -1.90. The van der Waals surface area contributed by atoms with Crippen LogP contribution < -0.4 is 4.90 Å². The Morgan fingerprint density at radius 1 is 1.05 bits per heavy atom. The van der Waals surface area contributed by atoms with E-state index in [0.29, 0.717) is 0 Å². The summed E-state index contributed by atoms with van der Waals surface area (Å²) in [6.07, 6.45) is 2.08. The van der Waals surface area contributed by atoms with Crippen molar-refractivity contribution in [2.75, 3.05) is 19.0 Å². The summed E-state index contributed by atoms with van der Waals surface area (Å²) in [7, 11) is 4.02. The Morgan fingerprint density at radius 2 is 1.81 bits per heavy atom. The van der Waals surface area contributed by atoms with E-state index in [-0.39, 0.29) is 20.1 Å². The van der Waals surface area contributed by atoms with Gasteiger partial charge in [-0.25, -0.2) is 0 Å². The summed E-state index contributed by atoms with van der Waals surface area (Å²) < 4.78 is 2.16. The Morgan fingerprint density at radius 3 is 2.62 bits per heavy atom. The van der Waals surface area contributed by atoms with E-state index in [1.807, 2.05) is 31.1 Å². The van der Waals surface area contributed by atoms with Gasteiger partial charge in [-0.05, 0) is 11.5 Å². The summed E-state index contributed by atoms with van der Waals surface area (Å²) in [6.45, 7) is 0. The number of benzene rings is 2. The van der Waals surface area contributed by atoms with Crippen molar-refractivity contribution in [3.05, 3.63) is 54.7 Å². The summed E-state index contributed by atoms with van der Waals surface area (Å²) in [5.41, 5.74) is 2.14. The van der Waals surface area contributed by atoms with Gasteiger partial charge in [0.2, 0.25) is 0 Å². The molecule has 2 heterocycles. The summed E-state index contributed by atoms with van der Waals surface area (Å²) in [5, 5.41) is 3.50. The van der Waals surface area contributed by atoms with Crippen LogP contribution in [0, 0.1) is 6.07 Å². The number of nitrogens with zero attached hydrogens (tertiary/aromatic N) is 3. The number of rotatable bonds is 1. The van der Waals surface area contributed by atoms with E-state index in [0.717, 1.165) is 16.9 Å². The molecule has 0 bridgehead atoms. The van der Waals surface area contributed by atoms with E-state index in [1.165, 1.54) is 16.3 Å². The van der Waals surface area contributed by atoms with Crippen molar-refractivity contribution in [3.8, 4) is 0 Å². The van der Waals surface area contributed by atoms with Gasteiger partial charge >= 0.3 is 0 Å². The van der Waals surface area contributed by atoms with E-state index in [1.54, 1.807) is 0 Å². The molecule has 4 rings (SSSR count). The number of fused-ring (bicyclic) bond motifs is 6. The zero-order chi connectivity index (χ0) is 13.7. The second-order valence-electron chi connectivity index (χ2n) is 5.16. The third kappa shape index (κ3) is 2.03. The second-order valence-corrected chi connectivity index (χ2v) is 5.16. The Labute approximate surface area is 136 Å². The molecular weight excluding hydrogens is 438 g/mol. The zero-order valence-corrected chi connectivity index (χ0v) is 14.2. The minimum Gasteiger partial charge on any atom is -0.362 e. The van der Waals surface area contributed by atoms with Gasteiger partial charge in [0.1, 0.15) is 5.82 Å². The van der Waals surface area contributed by atoms with Crippen LogP contribution in [0.4, 0.5) is 5.82 Å². The molecule has 0 fully saturated rings. The van der Waals surface area contributed by atoms with Crippen LogP contribution in [-0.4, -0.2) is 23.5 Å². The van der Waals surface area contributed by atoms with E-state index < -0.39 is 0 Å². The number of imidazole rings is 1. The fraction of sp³-hybridized carbons (Fsp3) is 0.118. The van der Waals surface area contributed by atoms with Gasteiger partial charge in [0.15, 0.2) is 0 Å². The van der Waals surface area contributed by atoms with Gasteiger partial charge in [-0.15, -0.1) is 29.7 Å². The molecule has 0 N–H and O–H groups in total. The van der Waals surface area contributed by atoms with Crippen LogP contribution in [-0.2, 0) is 20.1 Å². The van der Waals surface area contributed by atoms with Gasteiger partial charge in [0.25, 0.3) is 0 Å². The number of para-hydroxylation sites is 1. The SMILES string of the molecule is CN(C)c1cn2c3ccccc3c3ccc[c-]c3c2n1.[Ir]. The number of hydrogen-bond donors (Lipinski definition) is 0. The zero-order valence-electron chi connectivity index (χ0n) is 11.8. The normalized spacial score (nSPS) is 11.0. The number of anilines is 1. The molecule has 2 aromatic carbocycles. The van der Waals surface area contributed by atoms with Gasteiger partial charge < -0.3 is 9.30 Å². The summed E-state index contributed by atoms with van der Waals surface area (Å²) in [6, 6.07) is 17.9. The van der Waals surface area contributed by atoms with E-state index >= 15 is 0 Å². The summed E-state index contributed by atoms with van der Waals surface area (Å²) in [4.78, 5) is 6.77. The third-order valence-corrected chi connectivity index (χ3v) is 3.68. The summed E-state index contributed by atoms with van der Waals surface area (Å²) in [5.74, 6) is 0.958. The minimum absolute atomic E-state index is 0. The van der Waals surface area contributed by atoms with E-state index in [2.05, 4.69) is 47.0 Å². The largest absolute Gasteiger partial charge is 0.362 e. The van der Waals surface area contributed by atoms with Gasteiger partial charge in [-0.2, -0.15) is 0 Å². The molecular formula is C17H14IrN3-. The molecule has 21 heavy (non-hydrogen) atoms. The molecule has 0 unspecified atom stereocenters. The molecule has 0 aliphatic rings. The van der Waals surface area contributed by atoms with Gasteiger partial charge in [-0.1, -0.05) is 23.6 Å². The van der Waals surface area contributed by atoms with Crippen LogP contribution in [0.1, 0.15) is 0 Å². The van der Waals surface area contributed by atoms with Crippen molar-refractivity contribution in [1.82, 2.24) is 9.38 Å². The van der Waals surface area contributed by atoms with Crippen molar-refractivity contribution in [2.24, 2.45) is 0 Å². The first-order valence-electron chi connectivity index (χ1n) is 6.63. The molecule has 0 saturated heterocycles. The van der Waals surface area contributed by atoms with Crippen LogP contribution in [0.2, 0.25) is 0 Å². The van der Waals surface area contributed by atoms with Crippen LogP contribution in [0.15, 0.2) is 48.7 Å². The first-order chi connectivity index (χ1) is 9.75. The molecule has 0 aliphatic carbocycles. The average Bonchev–Trinajstić information content (AvgIpc) is 2.93. The summed E-state index contributed by atoms with van der Waals surface area (Å²) >= 11 is 0. The van der Waals surface area contributed by atoms with Gasteiger partial charge in [-0.3, -0.25) is 4.98 Å². The molecule has 2 aromatic heterocycles. The van der Waals surface area contributed by atoms with Crippen LogP contribution in [0.3, 0.4) is 0 Å².